The first-order valence-electron chi connectivity index (χ1n) is 7.70. The van der Waals surface area contributed by atoms with Gasteiger partial charge < -0.3 is 15.3 Å². The highest BCUT2D eigenvalue weighted by atomic mass is 16.4. The van der Waals surface area contributed by atoms with E-state index in [-0.39, 0.29) is 36.1 Å². The molecule has 21 heavy (non-hydrogen) atoms. The van der Waals surface area contributed by atoms with E-state index < -0.39 is 5.97 Å². The van der Waals surface area contributed by atoms with Crippen LogP contribution in [0.15, 0.2) is 0 Å². The van der Waals surface area contributed by atoms with Gasteiger partial charge in [0.15, 0.2) is 0 Å². The minimum atomic E-state index is -0.778. The van der Waals surface area contributed by atoms with Crippen LogP contribution in [0.5, 0.6) is 0 Å². The highest BCUT2D eigenvalue weighted by Crippen LogP contribution is 2.37. The van der Waals surface area contributed by atoms with E-state index in [4.69, 9.17) is 5.11 Å². The third-order valence-electron chi connectivity index (χ3n) is 4.63. The van der Waals surface area contributed by atoms with Crippen molar-refractivity contribution in [2.45, 2.75) is 45.6 Å². The van der Waals surface area contributed by atoms with Gasteiger partial charge in [-0.2, -0.15) is 0 Å². The lowest BCUT2D eigenvalue weighted by molar-refractivity contribution is -0.147. The first-order chi connectivity index (χ1) is 9.90. The SMILES string of the molecule is CC1CC1C(=O)NCCC(=O)N1CCC(C(=O)O)CC1C. The molecule has 1 aliphatic carbocycles. The number of carbonyl (C=O) groups excluding carboxylic acids is 2. The molecule has 0 aromatic heterocycles. The number of piperidine rings is 1. The van der Waals surface area contributed by atoms with E-state index in [1.54, 1.807) is 4.90 Å². The topological polar surface area (TPSA) is 86.7 Å². The molecule has 4 atom stereocenters. The van der Waals surface area contributed by atoms with E-state index in [2.05, 4.69) is 5.32 Å². The lowest BCUT2D eigenvalue weighted by Gasteiger charge is -2.36. The number of amides is 2. The molecule has 1 aliphatic heterocycles. The van der Waals surface area contributed by atoms with E-state index in [0.717, 1.165) is 6.42 Å². The molecule has 2 rings (SSSR count). The van der Waals surface area contributed by atoms with Gasteiger partial charge in [-0.15, -0.1) is 0 Å². The molecular weight excluding hydrogens is 272 g/mol. The average Bonchev–Trinajstić information content (AvgIpc) is 3.15. The molecule has 6 heteroatoms. The van der Waals surface area contributed by atoms with Gasteiger partial charge in [-0.25, -0.2) is 0 Å². The van der Waals surface area contributed by atoms with Gasteiger partial charge in [0, 0.05) is 31.5 Å². The second-order valence-corrected chi connectivity index (χ2v) is 6.36. The van der Waals surface area contributed by atoms with Crippen LogP contribution in [0.1, 0.15) is 39.5 Å². The summed E-state index contributed by atoms with van der Waals surface area (Å²) in [5.74, 6) is -0.482. The van der Waals surface area contributed by atoms with Crippen LogP contribution < -0.4 is 5.32 Å². The molecule has 0 bridgehead atoms. The Morgan fingerprint density at radius 3 is 2.43 bits per heavy atom. The molecule has 0 spiro atoms. The van der Waals surface area contributed by atoms with Gasteiger partial charge in [0.1, 0.15) is 0 Å². The minimum absolute atomic E-state index is 0.00418. The van der Waals surface area contributed by atoms with Crippen molar-refractivity contribution in [2.24, 2.45) is 17.8 Å². The summed E-state index contributed by atoms with van der Waals surface area (Å²) >= 11 is 0. The highest BCUT2D eigenvalue weighted by Gasteiger charge is 2.39. The van der Waals surface area contributed by atoms with E-state index in [0.29, 0.717) is 31.8 Å². The molecule has 1 heterocycles. The predicted molar refractivity (Wildman–Crippen MR) is 76.4 cm³/mol. The van der Waals surface area contributed by atoms with Gasteiger partial charge in [0.25, 0.3) is 0 Å². The quantitative estimate of drug-likeness (QED) is 0.788. The van der Waals surface area contributed by atoms with Crippen LogP contribution in [0, 0.1) is 17.8 Å². The van der Waals surface area contributed by atoms with E-state index in [1.807, 2.05) is 13.8 Å². The standard InChI is InChI=1S/C15H24N2O4/c1-9-7-12(9)14(19)16-5-3-13(18)17-6-4-11(15(20)21)8-10(17)2/h9-12H,3-8H2,1-2H3,(H,16,19)(H,20,21). The molecule has 0 radical (unpaired) electrons. The second kappa shape index (κ2) is 6.45. The normalized spacial score (nSPS) is 31.6. The Morgan fingerprint density at radius 2 is 1.90 bits per heavy atom. The number of likely N-dealkylation sites (tertiary alicyclic amines) is 1. The van der Waals surface area contributed by atoms with Crippen LogP contribution in [-0.4, -0.2) is 46.9 Å². The third-order valence-corrected chi connectivity index (χ3v) is 4.63. The van der Waals surface area contributed by atoms with Crippen molar-refractivity contribution in [1.82, 2.24) is 10.2 Å². The number of hydrogen-bond acceptors (Lipinski definition) is 3. The Hall–Kier alpha value is -1.59. The number of carboxylic acids is 1. The van der Waals surface area contributed by atoms with Gasteiger partial charge in [-0.05, 0) is 32.1 Å². The summed E-state index contributed by atoms with van der Waals surface area (Å²) in [6.45, 7) is 4.79. The summed E-state index contributed by atoms with van der Waals surface area (Å²) in [5.41, 5.74) is 0. The van der Waals surface area contributed by atoms with Crippen molar-refractivity contribution in [3.8, 4) is 0 Å². The summed E-state index contributed by atoms with van der Waals surface area (Å²) in [7, 11) is 0. The molecule has 2 aliphatic rings. The van der Waals surface area contributed by atoms with Gasteiger partial charge in [0.2, 0.25) is 11.8 Å². The maximum atomic E-state index is 12.1. The maximum absolute atomic E-state index is 12.1. The molecule has 4 unspecified atom stereocenters. The van der Waals surface area contributed by atoms with Crippen molar-refractivity contribution < 1.29 is 19.5 Å². The summed E-state index contributed by atoms with van der Waals surface area (Å²) in [6, 6.07) is -0.0495. The van der Waals surface area contributed by atoms with Crippen molar-refractivity contribution in [2.75, 3.05) is 13.1 Å². The Bertz CT molecular complexity index is 437. The monoisotopic (exact) mass is 296 g/mol. The van der Waals surface area contributed by atoms with Crippen molar-refractivity contribution in [3.63, 3.8) is 0 Å². The Labute approximate surface area is 124 Å². The largest absolute Gasteiger partial charge is 0.481 e. The lowest BCUT2D eigenvalue weighted by Crippen LogP contribution is -2.46. The molecule has 2 fully saturated rings. The Balaban J connectivity index is 1.71. The first-order valence-corrected chi connectivity index (χ1v) is 7.70. The number of nitrogens with zero attached hydrogens (tertiary/aromatic N) is 1. The van der Waals surface area contributed by atoms with Gasteiger partial charge in [-0.3, -0.25) is 14.4 Å². The molecule has 0 aromatic rings. The smallest absolute Gasteiger partial charge is 0.306 e. The Morgan fingerprint density at radius 1 is 1.24 bits per heavy atom. The fraction of sp³-hybridized carbons (Fsp3) is 0.800. The Kier molecular flexibility index (Phi) is 4.85. The van der Waals surface area contributed by atoms with Gasteiger partial charge in [-0.1, -0.05) is 6.92 Å². The van der Waals surface area contributed by atoms with E-state index >= 15 is 0 Å². The molecule has 1 saturated heterocycles. The summed E-state index contributed by atoms with van der Waals surface area (Å²) < 4.78 is 0. The number of rotatable bonds is 5. The van der Waals surface area contributed by atoms with Crippen LogP contribution in [0.3, 0.4) is 0 Å². The summed E-state index contributed by atoms with van der Waals surface area (Å²) in [6.07, 6.45) is 2.25. The van der Waals surface area contributed by atoms with Crippen LogP contribution in [0.25, 0.3) is 0 Å². The van der Waals surface area contributed by atoms with E-state index in [1.165, 1.54) is 0 Å². The first kappa shape index (κ1) is 15.8. The molecular formula is C15H24N2O4. The number of carboxylic acid groups (broad SMARTS) is 1. The highest BCUT2D eigenvalue weighted by molar-refractivity contribution is 5.82. The van der Waals surface area contributed by atoms with Crippen LogP contribution in [0.2, 0.25) is 0 Å². The molecule has 0 aromatic carbocycles. The molecule has 2 amide bonds. The minimum Gasteiger partial charge on any atom is -0.481 e. The zero-order valence-electron chi connectivity index (χ0n) is 12.7. The van der Waals surface area contributed by atoms with Crippen molar-refractivity contribution in [3.05, 3.63) is 0 Å². The van der Waals surface area contributed by atoms with E-state index in [9.17, 15) is 14.4 Å². The number of aliphatic carboxylic acids is 1. The second-order valence-electron chi connectivity index (χ2n) is 6.36. The van der Waals surface area contributed by atoms with Crippen LogP contribution >= 0.6 is 0 Å². The van der Waals surface area contributed by atoms with Crippen LogP contribution in [0.4, 0.5) is 0 Å². The van der Waals surface area contributed by atoms with Gasteiger partial charge >= 0.3 is 5.97 Å². The van der Waals surface area contributed by atoms with Crippen LogP contribution in [-0.2, 0) is 14.4 Å². The molecule has 2 N–H and O–H groups in total. The third kappa shape index (κ3) is 3.95. The molecule has 1 saturated carbocycles. The fourth-order valence-electron chi connectivity index (χ4n) is 3.02. The average molecular weight is 296 g/mol. The lowest BCUT2D eigenvalue weighted by atomic mass is 9.91. The fourth-order valence-corrected chi connectivity index (χ4v) is 3.02. The number of carbonyl (C=O) groups is 3. The predicted octanol–water partition coefficient (Wildman–Crippen LogP) is 0.860. The van der Waals surface area contributed by atoms with Gasteiger partial charge in [0.05, 0.1) is 5.92 Å². The maximum Gasteiger partial charge on any atom is 0.306 e. The zero-order chi connectivity index (χ0) is 15.6. The number of hydrogen-bond donors (Lipinski definition) is 2. The summed E-state index contributed by atoms with van der Waals surface area (Å²) in [4.78, 5) is 36.5. The van der Waals surface area contributed by atoms with Crippen molar-refractivity contribution >= 4 is 17.8 Å². The van der Waals surface area contributed by atoms with Crippen molar-refractivity contribution in [1.29, 1.82) is 0 Å². The number of nitrogens with one attached hydrogen (secondary N) is 1. The summed E-state index contributed by atoms with van der Waals surface area (Å²) in [5, 5.41) is 11.8. The molecule has 118 valence electrons. The zero-order valence-corrected chi connectivity index (χ0v) is 12.7. The molecule has 6 nitrogen and oxygen atoms in total.